The highest BCUT2D eigenvalue weighted by molar-refractivity contribution is 5.80. The lowest BCUT2D eigenvalue weighted by atomic mass is 8.91. The third kappa shape index (κ3) is 2.05. The van der Waals surface area contributed by atoms with Gasteiger partial charge in [0.15, 0.2) is 0 Å². The Bertz CT molecular complexity index is 861. The molecule has 1 aliphatic heterocycles. The minimum atomic E-state index is -0.548. The van der Waals surface area contributed by atoms with Gasteiger partial charge in [0.25, 0.3) is 0 Å². The molecule has 5 unspecified atom stereocenters. The minimum absolute atomic E-state index is 0.0599. The Hall–Kier alpha value is -1.59. The van der Waals surface area contributed by atoms with Gasteiger partial charge in [-0.3, -0.25) is 4.79 Å². The van der Waals surface area contributed by atoms with E-state index >= 15 is 0 Å². The van der Waals surface area contributed by atoms with Gasteiger partial charge in [-0.05, 0) is 101 Å². The summed E-state index contributed by atoms with van der Waals surface area (Å²) in [7, 11) is 0. The zero-order valence-electron chi connectivity index (χ0n) is 19.5. The fourth-order valence-corrected chi connectivity index (χ4v) is 9.35. The highest BCUT2D eigenvalue weighted by Gasteiger charge is 3.10. The number of carbonyl (C=O) groups is 3. The van der Waals surface area contributed by atoms with Crippen molar-refractivity contribution in [2.75, 3.05) is 13.1 Å². The molecule has 1 amide bonds. The molecule has 0 spiro atoms. The molecule has 6 nitrogen and oxygen atoms in total. The van der Waals surface area contributed by atoms with Crippen molar-refractivity contribution in [2.45, 2.75) is 65.6 Å². The fraction of sp³-hybridized carbons (Fsp3) is 0.880. The van der Waals surface area contributed by atoms with Crippen LogP contribution in [0.5, 0.6) is 0 Å². The largest absolute Gasteiger partial charge is 0.460 e. The highest BCUT2D eigenvalue weighted by Crippen LogP contribution is 3.11. The summed E-state index contributed by atoms with van der Waals surface area (Å²) in [6, 6.07) is 0. The standard InChI is InChI=1S/C25H35NO5/c1-22(2,3)30-20(28)13(12-7-8-26(10-12)21(29)31-23(4,5)6)9-24-16-14-15-18(16)25(24,11-27)19(15)17(14)24/h11-19H,7-10H2,1-6H3/t12-,13?,14?,15?,16?,17?,18?,19?,24?,25?/m0/s1. The molecule has 0 aromatic rings. The van der Waals surface area contributed by atoms with E-state index in [1.807, 2.05) is 41.5 Å². The van der Waals surface area contributed by atoms with Crippen molar-refractivity contribution in [3.8, 4) is 0 Å². The quantitative estimate of drug-likeness (QED) is 0.494. The highest BCUT2D eigenvalue weighted by atomic mass is 16.6. The topological polar surface area (TPSA) is 72.9 Å². The zero-order chi connectivity index (χ0) is 22.3. The normalized spacial score (nSPS) is 48.2. The number of hydrogen-bond donors (Lipinski definition) is 0. The summed E-state index contributed by atoms with van der Waals surface area (Å²) in [5.41, 5.74) is -1.14. The smallest absolute Gasteiger partial charge is 0.410 e. The molecule has 170 valence electrons. The molecule has 7 aliphatic rings. The molecule has 0 bridgehead atoms. The van der Waals surface area contributed by atoms with Crippen molar-refractivity contribution in [3.63, 3.8) is 0 Å². The summed E-state index contributed by atoms with van der Waals surface area (Å²) in [4.78, 5) is 39.9. The number of nitrogens with zero attached hydrogens (tertiary/aromatic N) is 1. The van der Waals surface area contributed by atoms with Crippen molar-refractivity contribution in [2.24, 2.45) is 58.2 Å². The van der Waals surface area contributed by atoms with E-state index < -0.39 is 11.2 Å². The summed E-state index contributed by atoms with van der Waals surface area (Å²) < 4.78 is 11.4. The maximum Gasteiger partial charge on any atom is 0.410 e. The van der Waals surface area contributed by atoms with Gasteiger partial charge in [-0.15, -0.1) is 0 Å². The number of ether oxygens (including phenoxy) is 2. The molecule has 1 saturated heterocycles. The van der Waals surface area contributed by atoms with Crippen molar-refractivity contribution >= 4 is 18.3 Å². The molecular formula is C25H35NO5. The van der Waals surface area contributed by atoms with Crippen LogP contribution in [0.2, 0.25) is 0 Å². The number of hydrogen-bond acceptors (Lipinski definition) is 5. The maximum absolute atomic E-state index is 13.4. The van der Waals surface area contributed by atoms with Crippen LogP contribution in [0.3, 0.4) is 0 Å². The first-order valence-corrected chi connectivity index (χ1v) is 12.0. The van der Waals surface area contributed by atoms with E-state index in [1.165, 1.54) is 6.29 Å². The molecule has 0 aromatic heterocycles. The van der Waals surface area contributed by atoms with Gasteiger partial charge in [0.1, 0.15) is 17.5 Å². The second-order valence-electron chi connectivity index (χ2n) is 13.2. The summed E-state index contributed by atoms with van der Waals surface area (Å²) in [6.45, 7) is 12.4. The van der Waals surface area contributed by atoms with Crippen LogP contribution in [-0.2, 0) is 19.1 Å². The predicted molar refractivity (Wildman–Crippen MR) is 112 cm³/mol. The van der Waals surface area contributed by atoms with Crippen LogP contribution < -0.4 is 0 Å². The van der Waals surface area contributed by atoms with Gasteiger partial charge in [0.2, 0.25) is 0 Å². The van der Waals surface area contributed by atoms with Crippen molar-refractivity contribution in [3.05, 3.63) is 0 Å². The molecule has 0 radical (unpaired) electrons. The molecule has 0 N–H and O–H groups in total. The molecule has 7 rings (SSSR count). The molecule has 0 aromatic carbocycles. The van der Waals surface area contributed by atoms with Crippen LogP contribution in [0, 0.1) is 58.2 Å². The number of carbonyl (C=O) groups excluding carboxylic acids is 3. The second kappa shape index (κ2) is 5.48. The van der Waals surface area contributed by atoms with E-state index in [9.17, 15) is 14.4 Å². The van der Waals surface area contributed by atoms with Gasteiger partial charge in [-0.2, -0.15) is 0 Å². The maximum atomic E-state index is 13.4. The predicted octanol–water partition coefficient (Wildman–Crippen LogP) is 3.53. The zero-order valence-corrected chi connectivity index (χ0v) is 19.5. The lowest BCUT2D eigenvalue weighted by Gasteiger charge is -3.11. The van der Waals surface area contributed by atoms with Crippen LogP contribution in [0.25, 0.3) is 0 Å². The molecular weight excluding hydrogens is 394 g/mol. The van der Waals surface area contributed by atoms with Crippen molar-refractivity contribution in [1.82, 2.24) is 4.90 Å². The number of likely N-dealkylation sites (tertiary alicyclic amines) is 1. The second-order valence-corrected chi connectivity index (χ2v) is 13.2. The number of amides is 1. The van der Waals surface area contributed by atoms with E-state index in [2.05, 4.69) is 0 Å². The molecule has 1 heterocycles. The average molecular weight is 430 g/mol. The third-order valence-corrected chi connectivity index (χ3v) is 9.88. The number of aldehydes is 1. The first kappa shape index (κ1) is 20.0. The first-order valence-electron chi connectivity index (χ1n) is 12.0. The van der Waals surface area contributed by atoms with Crippen LogP contribution in [0.1, 0.15) is 54.4 Å². The summed E-state index contributed by atoms with van der Waals surface area (Å²) in [6.07, 6.45) is 2.49. The molecule has 31 heavy (non-hydrogen) atoms. The summed E-state index contributed by atoms with van der Waals surface area (Å²) >= 11 is 0. The average Bonchev–Trinajstić information content (AvgIpc) is 3.13. The lowest BCUT2D eigenvalue weighted by Crippen LogP contribution is -3.10. The molecule has 6 heteroatoms. The molecule has 6 aliphatic carbocycles. The van der Waals surface area contributed by atoms with Gasteiger partial charge >= 0.3 is 12.1 Å². The number of esters is 1. The van der Waals surface area contributed by atoms with Gasteiger partial charge in [-0.25, -0.2) is 4.79 Å². The Kier molecular flexibility index (Phi) is 3.54. The Labute approximate surface area is 184 Å². The van der Waals surface area contributed by atoms with Crippen LogP contribution in [-0.4, -0.2) is 47.5 Å². The first-order chi connectivity index (χ1) is 14.4. The Balaban J connectivity index is 1.21. The van der Waals surface area contributed by atoms with Crippen molar-refractivity contribution < 1.29 is 23.9 Å². The van der Waals surface area contributed by atoms with Gasteiger partial charge in [0, 0.05) is 18.5 Å². The van der Waals surface area contributed by atoms with E-state index in [0.29, 0.717) is 36.8 Å². The number of rotatable bonds is 5. The molecule has 7 fully saturated rings. The Morgan fingerprint density at radius 2 is 1.58 bits per heavy atom. The van der Waals surface area contributed by atoms with Crippen LogP contribution in [0.4, 0.5) is 4.79 Å². The monoisotopic (exact) mass is 429 g/mol. The minimum Gasteiger partial charge on any atom is -0.460 e. The van der Waals surface area contributed by atoms with E-state index in [-0.39, 0.29) is 34.7 Å². The fourth-order valence-electron chi connectivity index (χ4n) is 9.35. The SMILES string of the molecule is CC(C)(C)OC(=O)C(CC12C3C4C5C3C1(C=O)C5C42)[C@H]1CCN(C(=O)OC(C)(C)C)C1. The van der Waals surface area contributed by atoms with E-state index in [4.69, 9.17) is 9.47 Å². The summed E-state index contributed by atoms with van der Waals surface area (Å²) in [5, 5.41) is 0. The lowest BCUT2D eigenvalue weighted by molar-refractivity contribution is -0.644. The van der Waals surface area contributed by atoms with Crippen LogP contribution in [0.15, 0.2) is 0 Å². The van der Waals surface area contributed by atoms with Gasteiger partial charge in [0.05, 0.1) is 5.92 Å². The molecule has 6 saturated carbocycles. The van der Waals surface area contributed by atoms with Gasteiger partial charge in [-0.1, -0.05) is 0 Å². The third-order valence-electron chi connectivity index (χ3n) is 9.88. The summed E-state index contributed by atoms with van der Waals surface area (Å²) in [5.74, 6) is 3.90. The Morgan fingerprint density at radius 1 is 1.00 bits per heavy atom. The molecule has 6 atom stereocenters. The van der Waals surface area contributed by atoms with Crippen LogP contribution >= 0.6 is 0 Å². The van der Waals surface area contributed by atoms with E-state index in [0.717, 1.165) is 24.7 Å². The van der Waals surface area contributed by atoms with Crippen molar-refractivity contribution in [1.29, 1.82) is 0 Å². The van der Waals surface area contributed by atoms with Gasteiger partial charge < -0.3 is 19.2 Å². The van der Waals surface area contributed by atoms with E-state index in [1.54, 1.807) is 4.90 Å². The Morgan fingerprint density at radius 3 is 2.13 bits per heavy atom.